The number of aliphatic hydroxyl groups is 1. The Balaban J connectivity index is 1.75. The molecule has 0 saturated heterocycles. The molecule has 20 heavy (non-hydrogen) atoms. The molecule has 1 aliphatic carbocycles. The summed E-state index contributed by atoms with van der Waals surface area (Å²) in [5.41, 5.74) is 2.80. The van der Waals surface area contributed by atoms with Gasteiger partial charge >= 0.3 is 0 Å². The van der Waals surface area contributed by atoms with Crippen LogP contribution in [0.1, 0.15) is 61.1 Å². The SMILES string of the molecule is CCCC(O)c1noc(C2CCc3ccccc3C2)n1. The van der Waals surface area contributed by atoms with E-state index in [-0.39, 0.29) is 5.92 Å². The highest BCUT2D eigenvalue weighted by molar-refractivity contribution is 5.31. The van der Waals surface area contributed by atoms with Crippen molar-refractivity contribution >= 4 is 0 Å². The first kappa shape index (κ1) is 13.3. The van der Waals surface area contributed by atoms with Gasteiger partial charge in [0, 0.05) is 5.92 Å². The van der Waals surface area contributed by atoms with E-state index in [1.165, 1.54) is 11.1 Å². The van der Waals surface area contributed by atoms with Crippen molar-refractivity contribution in [2.45, 2.75) is 51.0 Å². The van der Waals surface area contributed by atoms with Crippen molar-refractivity contribution in [1.82, 2.24) is 10.1 Å². The number of aromatic nitrogens is 2. The number of hydrogen-bond donors (Lipinski definition) is 1. The van der Waals surface area contributed by atoms with Crippen LogP contribution in [0.2, 0.25) is 0 Å². The number of aryl methyl sites for hydroxylation is 1. The van der Waals surface area contributed by atoms with Gasteiger partial charge in [0.25, 0.3) is 0 Å². The summed E-state index contributed by atoms with van der Waals surface area (Å²) >= 11 is 0. The molecule has 0 spiro atoms. The minimum Gasteiger partial charge on any atom is -0.385 e. The van der Waals surface area contributed by atoms with Crippen molar-refractivity contribution in [2.24, 2.45) is 0 Å². The van der Waals surface area contributed by atoms with E-state index in [1.807, 2.05) is 6.92 Å². The quantitative estimate of drug-likeness (QED) is 0.928. The topological polar surface area (TPSA) is 59.2 Å². The number of nitrogens with zero attached hydrogens (tertiary/aromatic N) is 2. The summed E-state index contributed by atoms with van der Waals surface area (Å²) < 4.78 is 5.37. The Labute approximate surface area is 118 Å². The lowest BCUT2D eigenvalue weighted by Gasteiger charge is -2.21. The fourth-order valence-electron chi connectivity index (χ4n) is 2.86. The van der Waals surface area contributed by atoms with Crippen LogP contribution < -0.4 is 0 Å². The Bertz CT molecular complexity index is 579. The molecule has 0 fully saturated rings. The lowest BCUT2D eigenvalue weighted by Crippen LogP contribution is -2.13. The summed E-state index contributed by atoms with van der Waals surface area (Å²) in [6.45, 7) is 2.03. The molecule has 2 unspecified atom stereocenters. The molecule has 1 aromatic heterocycles. The summed E-state index contributed by atoms with van der Waals surface area (Å²) in [6.07, 6.45) is 4.00. The highest BCUT2D eigenvalue weighted by Crippen LogP contribution is 2.32. The van der Waals surface area contributed by atoms with Crippen LogP contribution in [-0.4, -0.2) is 15.2 Å². The standard InChI is InChI=1S/C16H20N2O2/c1-2-5-14(19)15-17-16(20-18-15)13-9-8-11-6-3-4-7-12(11)10-13/h3-4,6-7,13-14,19H,2,5,8-10H2,1H3. The van der Waals surface area contributed by atoms with Crippen molar-refractivity contribution in [2.75, 3.05) is 0 Å². The first-order chi connectivity index (χ1) is 9.78. The van der Waals surface area contributed by atoms with Crippen LogP contribution in [0.25, 0.3) is 0 Å². The highest BCUT2D eigenvalue weighted by Gasteiger charge is 2.25. The van der Waals surface area contributed by atoms with Gasteiger partial charge in [0.1, 0.15) is 6.10 Å². The zero-order chi connectivity index (χ0) is 13.9. The number of rotatable bonds is 4. The molecular weight excluding hydrogens is 252 g/mol. The Morgan fingerprint density at radius 2 is 2.15 bits per heavy atom. The Hall–Kier alpha value is -1.68. The molecular formula is C16H20N2O2. The third-order valence-electron chi connectivity index (χ3n) is 4.01. The molecule has 106 valence electrons. The molecule has 3 rings (SSSR count). The molecule has 0 radical (unpaired) electrons. The minimum atomic E-state index is -0.603. The molecule has 0 aliphatic heterocycles. The van der Waals surface area contributed by atoms with Gasteiger partial charge in [-0.3, -0.25) is 0 Å². The normalized spacial score (nSPS) is 19.6. The van der Waals surface area contributed by atoms with Crippen LogP contribution in [0.3, 0.4) is 0 Å². The van der Waals surface area contributed by atoms with Crippen molar-refractivity contribution in [3.8, 4) is 0 Å². The Morgan fingerprint density at radius 3 is 2.95 bits per heavy atom. The second-order valence-electron chi connectivity index (χ2n) is 5.50. The molecule has 1 N–H and O–H groups in total. The van der Waals surface area contributed by atoms with E-state index < -0.39 is 6.10 Å². The van der Waals surface area contributed by atoms with Gasteiger partial charge in [-0.05, 0) is 36.8 Å². The monoisotopic (exact) mass is 272 g/mol. The van der Waals surface area contributed by atoms with Crippen molar-refractivity contribution < 1.29 is 9.63 Å². The van der Waals surface area contributed by atoms with E-state index in [0.717, 1.165) is 25.7 Å². The molecule has 2 atom stereocenters. The van der Waals surface area contributed by atoms with E-state index in [9.17, 15) is 5.11 Å². The first-order valence-electron chi connectivity index (χ1n) is 7.36. The zero-order valence-corrected chi connectivity index (χ0v) is 11.7. The van der Waals surface area contributed by atoms with E-state index >= 15 is 0 Å². The van der Waals surface area contributed by atoms with Crippen molar-refractivity contribution in [3.63, 3.8) is 0 Å². The van der Waals surface area contributed by atoms with E-state index in [4.69, 9.17) is 4.52 Å². The maximum Gasteiger partial charge on any atom is 0.230 e. The largest absolute Gasteiger partial charge is 0.385 e. The summed E-state index contributed by atoms with van der Waals surface area (Å²) in [5, 5.41) is 13.8. The molecule has 0 saturated carbocycles. The average molecular weight is 272 g/mol. The second kappa shape index (κ2) is 5.75. The number of benzene rings is 1. The predicted molar refractivity (Wildman–Crippen MR) is 75.4 cm³/mol. The third-order valence-corrected chi connectivity index (χ3v) is 4.01. The summed E-state index contributed by atoms with van der Waals surface area (Å²) in [4.78, 5) is 4.40. The Kier molecular flexibility index (Phi) is 3.83. The van der Waals surface area contributed by atoms with Crippen molar-refractivity contribution in [1.29, 1.82) is 0 Å². The molecule has 4 heteroatoms. The van der Waals surface area contributed by atoms with E-state index in [0.29, 0.717) is 18.1 Å². The van der Waals surface area contributed by atoms with Crippen LogP contribution in [-0.2, 0) is 12.8 Å². The molecule has 1 heterocycles. The molecule has 4 nitrogen and oxygen atoms in total. The summed E-state index contributed by atoms with van der Waals surface area (Å²) in [5.74, 6) is 1.38. The molecule has 0 bridgehead atoms. The fraction of sp³-hybridized carbons (Fsp3) is 0.500. The molecule has 1 aliphatic rings. The van der Waals surface area contributed by atoms with E-state index in [2.05, 4.69) is 34.4 Å². The van der Waals surface area contributed by atoms with E-state index in [1.54, 1.807) is 0 Å². The van der Waals surface area contributed by atoms with Gasteiger partial charge in [-0.1, -0.05) is 42.8 Å². The highest BCUT2D eigenvalue weighted by atomic mass is 16.5. The predicted octanol–water partition coefficient (Wildman–Crippen LogP) is 3.18. The van der Waals surface area contributed by atoms with Crippen LogP contribution in [0.15, 0.2) is 28.8 Å². The first-order valence-corrected chi connectivity index (χ1v) is 7.36. The van der Waals surface area contributed by atoms with Crippen LogP contribution >= 0.6 is 0 Å². The second-order valence-corrected chi connectivity index (χ2v) is 5.50. The summed E-state index contributed by atoms with van der Waals surface area (Å²) in [6, 6.07) is 8.52. The van der Waals surface area contributed by atoms with Crippen LogP contribution in [0.4, 0.5) is 0 Å². The number of hydrogen-bond acceptors (Lipinski definition) is 4. The lowest BCUT2D eigenvalue weighted by atomic mass is 9.84. The van der Waals surface area contributed by atoms with Gasteiger partial charge in [0.2, 0.25) is 5.89 Å². The fourth-order valence-corrected chi connectivity index (χ4v) is 2.86. The minimum absolute atomic E-state index is 0.278. The summed E-state index contributed by atoms with van der Waals surface area (Å²) in [7, 11) is 0. The number of fused-ring (bicyclic) bond motifs is 1. The molecule has 1 aromatic carbocycles. The van der Waals surface area contributed by atoms with Gasteiger partial charge in [0.15, 0.2) is 5.82 Å². The maximum absolute atomic E-state index is 9.90. The average Bonchev–Trinajstić information content (AvgIpc) is 2.97. The molecule has 2 aromatic rings. The smallest absolute Gasteiger partial charge is 0.230 e. The molecule has 0 amide bonds. The van der Waals surface area contributed by atoms with Crippen molar-refractivity contribution in [3.05, 3.63) is 47.1 Å². The maximum atomic E-state index is 9.90. The van der Waals surface area contributed by atoms with Gasteiger partial charge in [-0.15, -0.1) is 0 Å². The van der Waals surface area contributed by atoms with Gasteiger partial charge in [0.05, 0.1) is 0 Å². The van der Waals surface area contributed by atoms with Crippen LogP contribution in [0.5, 0.6) is 0 Å². The number of aliphatic hydroxyl groups excluding tert-OH is 1. The van der Waals surface area contributed by atoms with Gasteiger partial charge in [-0.25, -0.2) is 0 Å². The zero-order valence-electron chi connectivity index (χ0n) is 11.7. The van der Waals surface area contributed by atoms with Gasteiger partial charge in [-0.2, -0.15) is 4.98 Å². The van der Waals surface area contributed by atoms with Crippen LogP contribution in [0, 0.1) is 0 Å². The third kappa shape index (κ3) is 2.61. The Morgan fingerprint density at radius 1 is 1.35 bits per heavy atom. The van der Waals surface area contributed by atoms with Gasteiger partial charge < -0.3 is 9.63 Å². The lowest BCUT2D eigenvalue weighted by molar-refractivity contribution is 0.152.